The van der Waals surface area contributed by atoms with Crippen LogP contribution in [0.2, 0.25) is 0 Å². The molecule has 4 heteroatoms. The molecule has 4 nitrogen and oxygen atoms in total. The van der Waals surface area contributed by atoms with E-state index in [2.05, 4.69) is 5.32 Å². The Morgan fingerprint density at radius 1 is 1.20 bits per heavy atom. The molecule has 2 rings (SSSR count). The second kappa shape index (κ2) is 6.21. The van der Waals surface area contributed by atoms with Crippen molar-refractivity contribution in [2.24, 2.45) is 5.73 Å². The molecule has 0 saturated heterocycles. The average Bonchev–Trinajstić information content (AvgIpc) is 2.45. The molecule has 2 aromatic carbocycles. The minimum atomic E-state index is -0.241. The average molecular weight is 270 g/mol. The largest absolute Gasteiger partial charge is 0.505 e. The van der Waals surface area contributed by atoms with Gasteiger partial charge in [0, 0.05) is 5.56 Å². The number of para-hydroxylation sites is 1. The van der Waals surface area contributed by atoms with Crippen LogP contribution in [-0.2, 0) is 6.42 Å². The maximum absolute atomic E-state index is 12.3. The van der Waals surface area contributed by atoms with E-state index in [1.807, 2.05) is 18.2 Å². The highest BCUT2D eigenvalue weighted by Crippen LogP contribution is 2.27. The van der Waals surface area contributed by atoms with Crippen molar-refractivity contribution in [3.63, 3.8) is 0 Å². The van der Waals surface area contributed by atoms with Crippen LogP contribution in [0.3, 0.4) is 0 Å². The fraction of sp³-hybridized carbons (Fsp3) is 0.188. The molecular weight excluding hydrogens is 252 g/mol. The van der Waals surface area contributed by atoms with Gasteiger partial charge in [0.2, 0.25) is 0 Å². The maximum Gasteiger partial charge on any atom is 0.256 e. The Balaban J connectivity index is 2.26. The molecule has 2 aromatic rings. The van der Waals surface area contributed by atoms with Gasteiger partial charge in [-0.25, -0.2) is 0 Å². The Bertz CT molecular complexity index is 624. The molecule has 0 fully saturated rings. The van der Waals surface area contributed by atoms with Crippen molar-refractivity contribution in [2.45, 2.75) is 13.3 Å². The summed E-state index contributed by atoms with van der Waals surface area (Å²) in [5.41, 5.74) is 8.17. The van der Waals surface area contributed by atoms with Gasteiger partial charge in [0.25, 0.3) is 5.91 Å². The van der Waals surface area contributed by atoms with Crippen LogP contribution in [0.25, 0.3) is 0 Å². The van der Waals surface area contributed by atoms with Crippen LogP contribution in [0, 0.1) is 6.92 Å². The number of benzene rings is 2. The molecular formula is C16H18N2O2. The zero-order valence-electron chi connectivity index (χ0n) is 11.4. The molecule has 0 aliphatic heterocycles. The number of aromatic hydroxyl groups is 1. The number of nitrogens with two attached hydrogens (primary N) is 1. The highest BCUT2D eigenvalue weighted by molar-refractivity contribution is 6.06. The molecule has 104 valence electrons. The van der Waals surface area contributed by atoms with Crippen LogP contribution < -0.4 is 11.1 Å². The lowest BCUT2D eigenvalue weighted by molar-refractivity contribution is 0.102. The van der Waals surface area contributed by atoms with Crippen molar-refractivity contribution in [3.05, 3.63) is 59.2 Å². The van der Waals surface area contributed by atoms with Crippen molar-refractivity contribution in [3.8, 4) is 5.75 Å². The molecule has 0 heterocycles. The molecule has 0 aliphatic carbocycles. The first kappa shape index (κ1) is 14.1. The summed E-state index contributed by atoms with van der Waals surface area (Å²) in [7, 11) is 0. The Labute approximate surface area is 118 Å². The first-order valence-corrected chi connectivity index (χ1v) is 6.51. The Morgan fingerprint density at radius 2 is 1.95 bits per heavy atom. The molecule has 20 heavy (non-hydrogen) atoms. The maximum atomic E-state index is 12.3. The zero-order chi connectivity index (χ0) is 14.5. The van der Waals surface area contributed by atoms with E-state index in [9.17, 15) is 9.90 Å². The van der Waals surface area contributed by atoms with E-state index in [1.165, 1.54) is 0 Å². The van der Waals surface area contributed by atoms with Crippen LogP contribution in [-0.4, -0.2) is 17.6 Å². The highest BCUT2D eigenvalue weighted by Gasteiger charge is 2.13. The summed E-state index contributed by atoms with van der Waals surface area (Å²) in [4.78, 5) is 12.3. The Morgan fingerprint density at radius 3 is 2.70 bits per heavy atom. The van der Waals surface area contributed by atoms with E-state index in [-0.39, 0.29) is 11.7 Å². The number of phenolic OH excluding ortho intramolecular Hbond substituents is 1. The first-order valence-electron chi connectivity index (χ1n) is 6.51. The predicted octanol–water partition coefficient (Wildman–Crippen LogP) is 2.45. The van der Waals surface area contributed by atoms with Gasteiger partial charge in [-0.2, -0.15) is 0 Å². The SMILES string of the molecule is Cc1cccc(NC(=O)c2ccccc2CCN)c1O. The number of phenols is 1. The third-order valence-electron chi connectivity index (χ3n) is 3.16. The fourth-order valence-electron chi connectivity index (χ4n) is 2.06. The van der Waals surface area contributed by atoms with Crippen LogP contribution in [0.5, 0.6) is 5.75 Å². The van der Waals surface area contributed by atoms with E-state index in [0.29, 0.717) is 24.2 Å². The van der Waals surface area contributed by atoms with Gasteiger partial charge in [-0.1, -0.05) is 30.3 Å². The number of hydrogen-bond acceptors (Lipinski definition) is 3. The van der Waals surface area contributed by atoms with Crippen LogP contribution in [0.4, 0.5) is 5.69 Å². The minimum absolute atomic E-state index is 0.0946. The molecule has 0 atom stereocenters. The summed E-state index contributed by atoms with van der Waals surface area (Å²) < 4.78 is 0. The van der Waals surface area contributed by atoms with Gasteiger partial charge in [0.1, 0.15) is 5.75 Å². The van der Waals surface area contributed by atoms with Gasteiger partial charge in [-0.3, -0.25) is 4.79 Å². The van der Waals surface area contributed by atoms with Crippen molar-refractivity contribution >= 4 is 11.6 Å². The molecule has 4 N–H and O–H groups in total. The number of nitrogens with one attached hydrogen (secondary N) is 1. The number of carbonyl (C=O) groups excluding carboxylic acids is 1. The van der Waals surface area contributed by atoms with E-state index in [1.54, 1.807) is 31.2 Å². The van der Waals surface area contributed by atoms with Crippen molar-refractivity contribution in [1.82, 2.24) is 0 Å². The predicted molar refractivity (Wildman–Crippen MR) is 80.0 cm³/mol. The van der Waals surface area contributed by atoms with Gasteiger partial charge >= 0.3 is 0 Å². The fourth-order valence-corrected chi connectivity index (χ4v) is 2.06. The van der Waals surface area contributed by atoms with Gasteiger partial charge in [0.05, 0.1) is 5.69 Å². The van der Waals surface area contributed by atoms with Crippen molar-refractivity contribution in [2.75, 3.05) is 11.9 Å². The second-order valence-electron chi connectivity index (χ2n) is 4.62. The molecule has 0 aromatic heterocycles. The zero-order valence-corrected chi connectivity index (χ0v) is 11.4. The summed E-state index contributed by atoms with van der Waals surface area (Å²) in [6.45, 7) is 2.27. The quantitative estimate of drug-likeness (QED) is 0.747. The van der Waals surface area contributed by atoms with E-state index in [0.717, 1.165) is 11.1 Å². The van der Waals surface area contributed by atoms with E-state index < -0.39 is 0 Å². The lowest BCUT2D eigenvalue weighted by Crippen LogP contribution is -2.16. The van der Waals surface area contributed by atoms with E-state index in [4.69, 9.17) is 5.73 Å². The third kappa shape index (κ3) is 2.97. The second-order valence-corrected chi connectivity index (χ2v) is 4.62. The molecule has 0 spiro atoms. The Kier molecular flexibility index (Phi) is 4.38. The highest BCUT2D eigenvalue weighted by atomic mass is 16.3. The van der Waals surface area contributed by atoms with Gasteiger partial charge < -0.3 is 16.2 Å². The number of amides is 1. The van der Waals surface area contributed by atoms with Crippen LogP contribution in [0.15, 0.2) is 42.5 Å². The van der Waals surface area contributed by atoms with E-state index >= 15 is 0 Å². The molecule has 0 bridgehead atoms. The Hall–Kier alpha value is -2.33. The lowest BCUT2D eigenvalue weighted by atomic mass is 10.0. The topological polar surface area (TPSA) is 75.4 Å². The molecule has 0 radical (unpaired) electrons. The number of hydrogen-bond donors (Lipinski definition) is 3. The minimum Gasteiger partial charge on any atom is -0.505 e. The lowest BCUT2D eigenvalue weighted by Gasteiger charge is -2.11. The molecule has 0 saturated carbocycles. The monoisotopic (exact) mass is 270 g/mol. The summed E-state index contributed by atoms with van der Waals surface area (Å²) in [5, 5.41) is 12.7. The molecule has 0 unspecified atom stereocenters. The number of aryl methyl sites for hydroxylation is 1. The molecule has 1 amide bonds. The first-order chi connectivity index (χ1) is 9.63. The number of anilines is 1. The van der Waals surface area contributed by atoms with Crippen molar-refractivity contribution in [1.29, 1.82) is 0 Å². The smallest absolute Gasteiger partial charge is 0.256 e. The molecule has 0 aliphatic rings. The van der Waals surface area contributed by atoms with Crippen LogP contribution in [0.1, 0.15) is 21.5 Å². The number of rotatable bonds is 4. The van der Waals surface area contributed by atoms with Crippen LogP contribution >= 0.6 is 0 Å². The van der Waals surface area contributed by atoms with Gasteiger partial charge in [0.15, 0.2) is 0 Å². The summed E-state index contributed by atoms with van der Waals surface area (Å²) in [5.74, 6) is -0.146. The third-order valence-corrected chi connectivity index (χ3v) is 3.16. The van der Waals surface area contributed by atoms with Gasteiger partial charge in [-0.05, 0) is 43.1 Å². The summed E-state index contributed by atoms with van der Waals surface area (Å²) >= 11 is 0. The van der Waals surface area contributed by atoms with Crippen molar-refractivity contribution < 1.29 is 9.90 Å². The standard InChI is InChI=1S/C16H18N2O2/c1-11-5-4-8-14(15(11)19)18-16(20)13-7-3-2-6-12(13)9-10-17/h2-8,19H,9-10,17H2,1H3,(H,18,20). The summed E-state index contributed by atoms with van der Waals surface area (Å²) in [6, 6.07) is 12.6. The number of carbonyl (C=O) groups is 1. The van der Waals surface area contributed by atoms with Gasteiger partial charge in [-0.15, -0.1) is 0 Å². The normalized spacial score (nSPS) is 10.3. The summed E-state index contributed by atoms with van der Waals surface area (Å²) in [6.07, 6.45) is 0.642.